The Bertz CT molecular complexity index is 975. The number of halogens is 1. The highest BCUT2D eigenvalue weighted by Crippen LogP contribution is 2.34. The highest BCUT2D eigenvalue weighted by atomic mass is 19.1. The number of phenols is 1. The second kappa shape index (κ2) is 7.50. The first-order valence-electron chi connectivity index (χ1n) is 9.14. The zero-order chi connectivity index (χ0) is 20.5. The number of para-hydroxylation sites is 1. The quantitative estimate of drug-likeness (QED) is 0.663. The van der Waals surface area contributed by atoms with Crippen molar-refractivity contribution in [1.29, 1.82) is 0 Å². The SMILES string of the molecule is CNc1c(O)cccc1OCC1CN(C(=O)c2cc3c(cc2F)OCC(=O)N3)C1. The van der Waals surface area contributed by atoms with Crippen LogP contribution in [0.5, 0.6) is 17.2 Å². The van der Waals surface area contributed by atoms with Crippen LogP contribution in [0.2, 0.25) is 0 Å². The molecule has 2 aromatic rings. The largest absolute Gasteiger partial charge is 0.506 e. The lowest BCUT2D eigenvalue weighted by Crippen LogP contribution is -2.52. The predicted octanol–water partition coefficient (Wildman–Crippen LogP) is 2.05. The zero-order valence-electron chi connectivity index (χ0n) is 15.7. The van der Waals surface area contributed by atoms with Gasteiger partial charge in [0.2, 0.25) is 0 Å². The van der Waals surface area contributed by atoms with Gasteiger partial charge in [-0.1, -0.05) is 6.07 Å². The number of carbonyl (C=O) groups is 2. The van der Waals surface area contributed by atoms with E-state index in [4.69, 9.17) is 9.47 Å². The van der Waals surface area contributed by atoms with Gasteiger partial charge in [0.25, 0.3) is 11.8 Å². The van der Waals surface area contributed by atoms with Crippen LogP contribution in [0.15, 0.2) is 30.3 Å². The van der Waals surface area contributed by atoms with Gasteiger partial charge in [-0.25, -0.2) is 4.39 Å². The number of hydrogen-bond donors (Lipinski definition) is 3. The summed E-state index contributed by atoms with van der Waals surface area (Å²) in [5, 5.41) is 15.3. The van der Waals surface area contributed by atoms with E-state index in [-0.39, 0.29) is 41.2 Å². The number of phenolic OH excluding ortho intramolecular Hbond substituents is 1. The Labute approximate surface area is 166 Å². The fourth-order valence-electron chi connectivity index (χ4n) is 3.38. The van der Waals surface area contributed by atoms with Crippen LogP contribution in [-0.2, 0) is 4.79 Å². The summed E-state index contributed by atoms with van der Waals surface area (Å²) in [6.45, 7) is 1.03. The number of rotatable bonds is 5. The third-order valence-corrected chi connectivity index (χ3v) is 4.91. The third kappa shape index (κ3) is 3.63. The molecule has 0 atom stereocenters. The average molecular weight is 401 g/mol. The number of nitrogens with one attached hydrogen (secondary N) is 2. The molecule has 152 valence electrons. The minimum atomic E-state index is -0.692. The Morgan fingerprint density at radius 3 is 2.97 bits per heavy atom. The number of likely N-dealkylation sites (tertiary alicyclic amines) is 1. The molecule has 0 saturated carbocycles. The number of carbonyl (C=O) groups excluding carboxylic acids is 2. The molecule has 4 rings (SSSR count). The van der Waals surface area contributed by atoms with Crippen LogP contribution in [0.25, 0.3) is 0 Å². The summed E-state index contributed by atoms with van der Waals surface area (Å²) in [5.74, 6) is -0.577. The molecule has 0 aromatic heterocycles. The molecule has 2 amide bonds. The van der Waals surface area contributed by atoms with E-state index in [1.165, 1.54) is 11.0 Å². The van der Waals surface area contributed by atoms with Crippen molar-refractivity contribution in [2.75, 3.05) is 44.0 Å². The summed E-state index contributed by atoms with van der Waals surface area (Å²) in [7, 11) is 1.69. The molecule has 1 fully saturated rings. The first-order chi connectivity index (χ1) is 14.0. The average Bonchev–Trinajstić information content (AvgIpc) is 2.66. The van der Waals surface area contributed by atoms with Gasteiger partial charge in [-0.15, -0.1) is 0 Å². The fraction of sp³-hybridized carbons (Fsp3) is 0.300. The second-order valence-corrected chi connectivity index (χ2v) is 6.95. The van der Waals surface area contributed by atoms with Crippen molar-refractivity contribution in [1.82, 2.24) is 4.90 Å². The minimum absolute atomic E-state index is 0.0920. The van der Waals surface area contributed by atoms with Crippen molar-refractivity contribution in [3.8, 4) is 17.2 Å². The summed E-state index contributed by atoms with van der Waals surface area (Å²) in [4.78, 5) is 25.6. The van der Waals surface area contributed by atoms with E-state index >= 15 is 0 Å². The molecule has 2 aliphatic heterocycles. The molecule has 2 aliphatic rings. The lowest BCUT2D eigenvalue weighted by Gasteiger charge is -2.39. The number of anilines is 2. The summed E-state index contributed by atoms with van der Waals surface area (Å²) in [5.41, 5.74) is 0.675. The Balaban J connectivity index is 1.37. The number of nitrogens with zero attached hydrogens (tertiary/aromatic N) is 1. The van der Waals surface area contributed by atoms with Gasteiger partial charge in [-0.05, 0) is 18.2 Å². The highest BCUT2D eigenvalue weighted by Gasteiger charge is 2.34. The third-order valence-electron chi connectivity index (χ3n) is 4.91. The van der Waals surface area contributed by atoms with Gasteiger partial charge in [0.1, 0.15) is 28.8 Å². The van der Waals surface area contributed by atoms with Crippen LogP contribution in [-0.4, -0.2) is 55.2 Å². The van der Waals surface area contributed by atoms with Crippen LogP contribution in [0.1, 0.15) is 10.4 Å². The number of fused-ring (bicyclic) bond motifs is 1. The maximum atomic E-state index is 14.3. The molecule has 2 heterocycles. The van der Waals surface area contributed by atoms with E-state index in [9.17, 15) is 19.1 Å². The van der Waals surface area contributed by atoms with Crippen molar-refractivity contribution in [3.63, 3.8) is 0 Å². The first kappa shape index (κ1) is 18.9. The van der Waals surface area contributed by atoms with Crippen LogP contribution in [0.3, 0.4) is 0 Å². The summed E-state index contributed by atoms with van der Waals surface area (Å²) < 4.78 is 25.3. The van der Waals surface area contributed by atoms with Crippen LogP contribution < -0.4 is 20.1 Å². The molecule has 0 bridgehead atoms. The Morgan fingerprint density at radius 2 is 2.21 bits per heavy atom. The molecule has 8 nitrogen and oxygen atoms in total. The smallest absolute Gasteiger partial charge is 0.262 e. The predicted molar refractivity (Wildman–Crippen MR) is 103 cm³/mol. The summed E-state index contributed by atoms with van der Waals surface area (Å²) in [6.07, 6.45) is 0. The van der Waals surface area contributed by atoms with E-state index in [1.54, 1.807) is 25.2 Å². The number of ether oxygens (including phenoxy) is 2. The molecule has 0 unspecified atom stereocenters. The fourth-order valence-corrected chi connectivity index (χ4v) is 3.38. The molecule has 9 heteroatoms. The van der Waals surface area contributed by atoms with Gasteiger partial charge >= 0.3 is 0 Å². The molecular formula is C20H20FN3O5. The standard InChI is InChI=1S/C20H20FN3O5/c1-22-19-15(25)3-2-4-16(19)28-9-11-7-24(8-11)20(27)12-5-14-17(6-13(12)21)29-10-18(26)23-14/h2-6,11,22,25H,7-10H2,1H3,(H,23,26). The molecule has 3 N–H and O–H groups in total. The van der Waals surface area contributed by atoms with E-state index in [2.05, 4.69) is 10.6 Å². The van der Waals surface area contributed by atoms with Crippen LogP contribution in [0.4, 0.5) is 15.8 Å². The first-order valence-corrected chi connectivity index (χ1v) is 9.14. The van der Waals surface area contributed by atoms with Crippen molar-refractivity contribution < 1.29 is 28.6 Å². The van der Waals surface area contributed by atoms with Gasteiger partial charge in [0.15, 0.2) is 6.61 Å². The van der Waals surface area contributed by atoms with E-state index < -0.39 is 11.7 Å². The summed E-state index contributed by atoms with van der Waals surface area (Å²) >= 11 is 0. The maximum absolute atomic E-state index is 14.3. The van der Waals surface area contributed by atoms with Crippen molar-refractivity contribution in [3.05, 3.63) is 41.7 Å². The van der Waals surface area contributed by atoms with Gasteiger partial charge in [-0.2, -0.15) is 0 Å². The van der Waals surface area contributed by atoms with Gasteiger partial charge in [0.05, 0.1) is 17.9 Å². The Morgan fingerprint density at radius 1 is 1.41 bits per heavy atom. The molecule has 2 aromatic carbocycles. The normalized spacial score (nSPS) is 15.7. The van der Waals surface area contributed by atoms with Crippen molar-refractivity contribution >= 4 is 23.2 Å². The number of hydrogen-bond acceptors (Lipinski definition) is 6. The number of benzene rings is 2. The molecule has 1 saturated heterocycles. The lowest BCUT2D eigenvalue weighted by molar-refractivity contribution is -0.118. The van der Waals surface area contributed by atoms with Crippen LogP contribution in [0, 0.1) is 11.7 Å². The molecule has 0 spiro atoms. The van der Waals surface area contributed by atoms with E-state index in [0.717, 1.165) is 6.07 Å². The topological polar surface area (TPSA) is 100 Å². The van der Waals surface area contributed by atoms with Crippen molar-refractivity contribution in [2.24, 2.45) is 5.92 Å². The maximum Gasteiger partial charge on any atom is 0.262 e. The van der Waals surface area contributed by atoms with E-state index in [0.29, 0.717) is 31.1 Å². The lowest BCUT2D eigenvalue weighted by atomic mass is 9.99. The Hall–Kier alpha value is -3.49. The van der Waals surface area contributed by atoms with E-state index in [1.807, 2.05) is 0 Å². The molecule has 0 aliphatic carbocycles. The molecule has 29 heavy (non-hydrogen) atoms. The van der Waals surface area contributed by atoms with Gasteiger partial charge in [-0.3, -0.25) is 9.59 Å². The van der Waals surface area contributed by atoms with Crippen molar-refractivity contribution in [2.45, 2.75) is 0 Å². The minimum Gasteiger partial charge on any atom is -0.506 e. The second-order valence-electron chi connectivity index (χ2n) is 6.95. The molecule has 0 radical (unpaired) electrons. The van der Waals surface area contributed by atoms with Crippen LogP contribution >= 0.6 is 0 Å². The summed E-state index contributed by atoms with van der Waals surface area (Å²) in [6, 6.07) is 7.40. The monoisotopic (exact) mass is 401 g/mol. The highest BCUT2D eigenvalue weighted by molar-refractivity contribution is 6.00. The number of amides is 2. The van der Waals surface area contributed by atoms with Gasteiger partial charge in [0, 0.05) is 32.1 Å². The van der Waals surface area contributed by atoms with Gasteiger partial charge < -0.3 is 30.1 Å². The Kier molecular flexibility index (Phi) is 4.87. The number of aromatic hydroxyl groups is 1. The zero-order valence-corrected chi connectivity index (χ0v) is 15.7. The molecular weight excluding hydrogens is 381 g/mol.